The van der Waals surface area contributed by atoms with Gasteiger partial charge in [-0.05, 0) is 120 Å². The largest absolute Gasteiger partial charge is 0.508 e. The minimum atomic E-state index is -1.88. The quantitative estimate of drug-likeness (QED) is 0.0167. The number of nitrogens with two attached hydrogens (primary N) is 6. The van der Waals surface area contributed by atoms with Crippen LogP contribution in [-0.2, 0) is 68.7 Å². The molecular weight excluding hydrogens is 1190 g/mol. The highest BCUT2D eigenvalue weighted by molar-refractivity contribution is 6.00. The van der Waals surface area contributed by atoms with Gasteiger partial charge in [-0.1, -0.05) is 26.0 Å². The van der Waals surface area contributed by atoms with Crippen LogP contribution < -0.4 is 76.9 Å². The van der Waals surface area contributed by atoms with Crippen molar-refractivity contribution in [3.8, 4) is 5.75 Å². The van der Waals surface area contributed by atoms with Crippen LogP contribution in [0.2, 0.25) is 0 Å². The number of phenolic OH excluding ortho intramolecular Hbond substituents is 1. The monoisotopic (exact) mass is 1280 g/mol. The molecule has 0 radical (unpaired) electrons. The lowest BCUT2D eigenvalue weighted by molar-refractivity contribution is -0.149. The molecule has 11 amide bonds. The highest BCUT2D eigenvalue weighted by Crippen LogP contribution is 2.23. The van der Waals surface area contributed by atoms with Crippen molar-refractivity contribution in [3.63, 3.8) is 0 Å². The van der Waals surface area contributed by atoms with Gasteiger partial charge in [-0.25, -0.2) is 4.79 Å². The highest BCUT2D eigenvalue weighted by Gasteiger charge is 2.42. The molecule has 3 fully saturated rings. The Morgan fingerprint density at radius 2 is 1.05 bits per heavy atom. The highest BCUT2D eigenvalue weighted by atomic mass is 16.4. The number of carboxylic acid groups (broad SMARTS) is 2. The number of rotatable bonds is 38. The Morgan fingerprint density at radius 3 is 1.57 bits per heavy atom. The number of nitrogens with one attached hydrogen (secondary N) is 8. The molecule has 91 heavy (non-hydrogen) atoms. The van der Waals surface area contributed by atoms with Gasteiger partial charge in [0.25, 0.3) is 0 Å². The molecule has 1 aromatic carbocycles. The number of nitrogens with zero attached hydrogens (tertiary/aromatic N) is 4. The summed E-state index contributed by atoms with van der Waals surface area (Å²) in [5, 5.41) is 50.1. The average molecular weight is 1280 g/mol. The molecule has 0 aliphatic carbocycles. The van der Waals surface area contributed by atoms with Crippen molar-refractivity contribution in [1.29, 1.82) is 0 Å². The molecule has 3 aliphatic rings. The van der Waals surface area contributed by atoms with Crippen molar-refractivity contribution in [2.24, 2.45) is 50.3 Å². The van der Waals surface area contributed by atoms with Crippen LogP contribution in [0.3, 0.4) is 0 Å². The van der Waals surface area contributed by atoms with Crippen LogP contribution in [0.4, 0.5) is 0 Å². The van der Waals surface area contributed by atoms with E-state index < -0.39 is 151 Å². The number of benzene rings is 1. The van der Waals surface area contributed by atoms with Crippen molar-refractivity contribution in [1.82, 2.24) is 52.3 Å². The molecule has 0 saturated carbocycles. The number of carboxylic acids is 2. The minimum absolute atomic E-state index is 0.0135. The lowest BCUT2D eigenvalue weighted by atomic mass is 10.00. The number of hydrogen-bond donors (Lipinski definition) is 17. The second-order valence-electron chi connectivity index (χ2n) is 23.1. The molecule has 0 aromatic heterocycles. The average Bonchev–Trinajstić information content (AvgIpc) is 2.73. The second kappa shape index (κ2) is 36.9. The Kier molecular flexibility index (Phi) is 30.1. The first-order valence-electron chi connectivity index (χ1n) is 30.4. The number of carbonyl (C=O) groups is 13. The van der Waals surface area contributed by atoms with Crippen molar-refractivity contribution < 1.29 is 77.6 Å². The second-order valence-corrected chi connectivity index (χ2v) is 23.1. The summed E-state index contributed by atoms with van der Waals surface area (Å²) in [7, 11) is 0. The number of guanidine groups is 2. The first-order chi connectivity index (χ1) is 43.1. The fraction of sp³-hybridized carbons (Fsp3) is 0.632. The zero-order chi connectivity index (χ0) is 67.5. The van der Waals surface area contributed by atoms with Gasteiger partial charge < -0.3 is 102 Å². The Hall–Kier alpha value is -9.37. The van der Waals surface area contributed by atoms with Gasteiger partial charge in [0.05, 0.1) is 6.42 Å². The van der Waals surface area contributed by atoms with E-state index in [0.29, 0.717) is 18.4 Å². The number of aliphatic carboxylic acids is 2. The van der Waals surface area contributed by atoms with E-state index >= 15 is 0 Å². The van der Waals surface area contributed by atoms with Crippen molar-refractivity contribution in [2.45, 2.75) is 190 Å². The Morgan fingerprint density at radius 1 is 0.582 bits per heavy atom. The third-order valence-electron chi connectivity index (χ3n) is 15.3. The van der Waals surface area contributed by atoms with Crippen LogP contribution in [0.5, 0.6) is 5.75 Å². The van der Waals surface area contributed by atoms with Crippen molar-refractivity contribution >= 4 is 88.8 Å². The SMILES string of the molecule is CC(C)C[C@H](NC(=O)[C@@H]1CCC(=O)N1)C(=O)N[C@@H](Cc1ccc(O)cc1)C(=O)N[C@@H](CCC(=O)O)C(=O)N[C@@H](CC(N)=O)C(=O)N[C@@H](CCCCN)C(=O)N1CCC[C@H]1C(=O)N[C@@H](CCCN=C(N)N)C(=O)N[C@@H](CCCN=C(N)N)C(=O)N1CCC[C@H]1C(=O)O. The number of aromatic hydroxyl groups is 1. The van der Waals surface area contributed by atoms with Crippen LogP contribution in [0.1, 0.15) is 129 Å². The smallest absolute Gasteiger partial charge is 0.326 e. The standard InChI is InChI=1S/C57H90N18O16/c1-30(2)27-38(71-47(82)34-18-20-44(78)66-34)49(84)72-39(28-31-14-16-32(76)17-15-31)50(85)67-35(19-21-45(79)80)48(83)73-40(29-43(59)77)51(86)70-36(9-3-4-22-58)53(88)74-25-7-12-41(74)52(87)68-33(10-5-23-64-56(60)61)46(81)69-37(11-6-24-65-57(62)63)54(89)75-26-8-13-42(75)55(90)91/h14-17,30,33-42,76H,3-13,18-29,58H2,1-2H3,(H2,59,77)(H,66,78)(H,67,85)(H,68,87)(H,69,81)(H,70,86)(H,71,82)(H,72,84)(H,73,83)(H,79,80)(H,90,91)(H4,60,61,64)(H4,62,63,65)/t33-,34-,35-,36-,37-,38-,39-,40-,41-,42-/m0/s1. The first kappa shape index (κ1) is 74.1. The summed E-state index contributed by atoms with van der Waals surface area (Å²) in [5.74, 6) is -12.9. The first-order valence-corrected chi connectivity index (χ1v) is 30.4. The molecule has 3 aliphatic heterocycles. The fourth-order valence-electron chi connectivity index (χ4n) is 10.7. The van der Waals surface area contributed by atoms with Gasteiger partial charge in [-0.3, -0.25) is 67.5 Å². The molecule has 34 nitrogen and oxygen atoms in total. The van der Waals surface area contributed by atoms with Crippen molar-refractivity contribution in [2.75, 3.05) is 32.7 Å². The maximum atomic E-state index is 14.7. The van der Waals surface area contributed by atoms with E-state index in [0.717, 1.165) is 4.90 Å². The maximum absolute atomic E-state index is 14.7. The Bertz CT molecular complexity index is 2810. The van der Waals surface area contributed by atoms with E-state index in [1.165, 1.54) is 29.2 Å². The summed E-state index contributed by atoms with van der Waals surface area (Å²) in [4.78, 5) is 187. The van der Waals surface area contributed by atoms with Crippen molar-refractivity contribution in [3.05, 3.63) is 29.8 Å². The molecule has 0 spiro atoms. The summed E-state index contributed by atoms with van der Waals surface area (Å²) >= 11 is 0. The summed E-state index contributed by atoms with van der Waals surface area (Å²) < 4.78 is 0. The molecule has 3 saturated heterocycles. The van der Waals surface area contributed by atoms with Gasteiger partial charge in [-0.2, -0.15) is 0 Å². The zero-order valence-corrected chi connectivity index (χ0v) is 51.3. The van der Waals surface area contributed by atoms with Gasteiger partial charge in [0.15, 0.2) is 11.9 Å². The third-order valence-corrected chi connectivity index (χ3v) is 15.3. The lowest BCUT2D eigenvalue weighted by Gasteiger charge is -2.31. The van der Waals surface area contributed by atoms with Crippen LogP contribution in [0, 0.1) is 5.92 Å². The molecule has 23 N–H and O–H groups in total. The lowest BCUT2D eigenvalue weighted by Crippen LogP contribution is -2.61. The number of aliphatic imine (C=N–C) groups is 2. The Balaban J connectivity index is 1.60. The molecule has 504 valence electrons. The topological polar surface area (TPSA) is 566 Å². The van der Waals surface area contributed by atoms with E-state index in [1.54, 1.807) is 13.8 Å². The summed E-state index contributed by atoms with van der Waals surface area (Å²) in [6.45, 7) is 3.87. The molecule has 3 heterocycles. The van der Waals surface area contributed by atoms with E-state index in [-0.39, 0.29) is 146 Å². The van der Waals surface area contributed by atoms with Gasteiger partial charge in [-0.15, -0.1) is 0 Å². The molecule has 34 heteroatoms. The van der Waals surface area contributed by atoms with Crippen LogP contribution in [0.15, 0.2) is 34.3 Å². The van der Waals surface area contributed by atoms with Crippen LogP contribution in [0.25, 0.3) is 0 Å². The maximum Gasteiger partial charge on any atom is 0.326 e. The molecule has 4 rings (SSSR count). The molecule has 0 bridgehead atoms. The van der Waals surface area contributed by atoms with Gasteiger partial charge >= 0.3 is 11.9 Å². The number of carbonyl (C=O) groups excluding carboxylic acids is 11. The fourth-order valence-corrected chi connectivity index (χ4v) is 10.7. The summed E-state index contributed by atoms with van der Waals surface area (Å²) in [5.41, 5.74) is 33.8. The summed E-state index contributed by atoms with van der Waals surface area (Å²) in [6, 6.07) is -8.38. The molecular formula is C57H90N18O16. The number of unbranched alkanes of at least 4 members (excludes halogenated alkanes) is 1. The van der Waals surface area contributed by atoms with Crippen LogP contribution in [-0.4, -0.2) is 207 Å². The predicted molar refractivity (Wildman–Crippen MR) is 326 cm³/mol. The number of likely N-dealkylation sites (tertiary alicyclic amines) is 2. The van der Waals surface area contributed by atoms with Gasteiger partial charge in [0, 0.05) is 45.4 Å². The van der Waals surface area contributed by atoms with Gasteiger partial charge in [0.2, 0.25) is 65.0 Å². The summed E-state index contributed by atoms with van der Waals surface area (Å²) in [6.07, 6.45) is -0.614. The van der Waals surface area contributed by atoms with E-state index in [4.69, 9.17) is 34.4 Å². The Labute approximate surface area is 525 Å². The number of phenols is 1. The molecule has 0 unspecified atom stereocenters. The normalized spacial score (nSPS) is 18.3. The van der Waals surface area contributed by atoms with E-state index in [2.05, 4.69) is 52.5 Å². The molecule has 10 atom stereocenters. The predicted octanol–water partition coefficient (Wildman–Crippen LogP) is -5.30. The molecule has 1 aromatic rings. The van der Waals surface area contributed by atoms with Gasteiger partial charge in [0.1, 0.15) is 66.2 Å². The minimum Gasteiger partial charge on any atom is -0.508 e. The number of primary amides is 1. The number of amides is 11. The van der Waals surface area contributed by atoms with Crippen LogP contribution >= 0.6 is 0 Å². The zero-order valence-electron chi connectivity index (χ0n) is 51.3. The van der Waals surface area contributed by atoms with E-state index in [9.17, 15) is 77.6 Å². The van der Waals surface area contributed by atoms with E-state index in [1.807, 2.05) is 0 Å². The third kappa shape index (κ3) is 24.9. The number of hydrogen-bond acceptors (Lipinski definition) is 17.